The Kier molecular flexibility index (Phi) is 4.12. The molecule has 2 rings (SSSR count). The molecular weight excluding hydrogens is 248 g/mol. The number of benzene rings is 1. The molecule has 0 aliphatic heterocycles. The van der Waals surface area contributed by atoms with E-state index in [1.54, 1.807) is 0 Å². The average Bonchev–Trinajstić information content (AvgIpc) is 2.82. The van der Waals surface area contributed by atoms with Crippen molar-refractivity contribution in [2.45, 2.75) is 26.4 Å². The molecule has 1 aromatic carbocycles. The number of carboxylic acids is 1. The fraction of sp³-hybridized carbons (Fsp3) is 0.308. The van der Waals surface area contributed by atoms with Crippen molar-refractivity contribution in [2.75, 3.05) is 0 Å². The number of carboxylic acid groups (broad SMARTS) is 1. The zero-order valence-corrected chi connectivity index (χ0v) is 10.5. The number of hydrogen-bond donors (Lipinski definition) is 1. The average molecular weight is 262 g/mol. The van der Waals surface area contributed by atoms with E-state index in [1.807, 2.05) is 31.2 Å². The van der Waals surface area contributed by atoms with Crippen LogP contribution in [0.3, 0.4) is 0 Å². The van der Waals surface area contributed by atoms with Gasteiger partial charge < -0.3 is 14.3 Å². The van der Waals surface area contributed by atoms with Gasteiger partial charge in [-0.3, -0.25) is 4.79 Å². The van der Waals surface area contributed by atoms with Crippen LogP contribution in [-0.2, 0) is 17.8 Å². The monoisotopic (exact) mass is 262 g/mol. The number of aliphatic carboxylic acids is 1. The van der Waals surface area contributed by atoms with Crippen molar-refractivity contribution in [3.63, 3.8) is 0 Å². The highest BCUT2D eigenvalue weighted by Crippen LogP contribution is 2.14. The van der Waals surface area contributed by atoms with Crippen molar-refractivity contribution < 1.29 is 19.1 Å². The molecular formula is C13H14N2O4. The molecule has 1 aromatic heterocycles. The molecule has 6 heteroatoms. The predicted molar refractivity (Wildman–Crippen MR) is 65.8 cm³/mol. The second-order valence-corrected chi connectivity index (χ2v) is 4.09. The summed E-state index contributed by atoms with van der Waals surface area (Å²) in [5.74, 6) is 0.480. The maximum atomic E-state index is 10.4. The van der Waals surface area contributed by atoms with Gasteiger partial charge in [0.2, 0.25) is 5.89 Å². The predicted octanol–water partition coefficient (Wildman–Crippen LogP) is 1.97. The highest BCUT2D eigenvalue weighted by molar-refractivity contribution is 5.66. The van der Waals surface area contributed by atoms with Gasteiger partial charge in [-0.05, 0) is 24.6 Å². The van der Waals surface area contributed by atoms with Crippen molar-refractivity contribution >= 4 is 5.97 Å². The van der Waals surface area contributed by atoms with Crippen molar-refractivity contribution in [3.05, 3.63) is 41.6 Å². The van der Waals surface area contributed by atoms with Crippen LogP contribution in [0.5, 0.6) is 5.75 Å². The highest BCUT2D eigenvalue weighted by Gasteiger charge is 2.08. The summed E-state index contributed by atoms with van der Waals surface area (Å²) in [4.78, 5) is 10.4. The van der Waals surface area contributed by atoms with Gasteiger partial charge in [0.05, 0.1) is 6.42 Å². The summed E-state index contributed by atoms with van der Waals surface area (Å²) < 4.78 is 10.8. The second kappa shape index (κ2) is 5.99. The molecule has 0 aliphatic rings. The molecule has 0 aliphatic carbocycles. The number of aryl methyl sites for hydroxylation is 2. The van der Waals surface area contributed by atoms with E-state index in [4.69, 9.17) is 14.3 Å². The summed E-state index contributed by atoms with van der Waals surface area (Å²) in [6, 6.07) is 7.62. The minimum Gasteiger partial charge on any atom is -0.484 e. The van der Waals surface area contributed by atoms with E-state index in [0.29, 0.717) is 11.8 Å². The molecule has 0 fully saturated rings. The Balaban J connectivity index is 1.88. The van der Waals surface area contributed by atoms with Crippen LogP contribution in [0.15, 0.2) is 28.7 Å². The number of ether oxygens (including phenoxy) is 1. The lowest BCUT2D eigenvalue weighted by molar-refractivity contribution is -0.137. The summed E-state index contributed by atoms with van der Waals surface area (Å²) >= 11 is 0. The van der Waals surface area contributed by atoms with E-state index in [2.05, 4.69) is 10.2 Å². The van der Waals surface area contributed by atoms with E-state index < -0.39 is 5.97 Å². The molecule has 0 amide bonds. The topological polar surface area (TPSA) is 85.5 Å². The van der Waals surface area contributed by atoms with Crippen LogP contribution in [0.1, 0.15) is 23.8 Å². The first-order valence-corrected chi connectivity index (χ1v) is 5.86. The Labute approximate surface area is 110 Å². The van der Waals surface area contributed by atoms with Crippen LogP contribution in [0.25, 0.3) is 0 Å². The molecule has 0 saturated carbocycles. The molecule has 0 saturated heterocycles. The van der Waals surface area contributed by atoms with Crippen LogP contribution < -0.4 is 4.74 Å². The molecule has 1 N–H and O–H groups in total. The van der Waals surface area contributed by atoms with E-state index in [9.17, 15) is 4.79 Å². The van der Waals surface area contributed by atoms with Gasteiger partial charge in [0.15, 0.2) is 6.61 Å². The maximum Gasteiger partial charge on any atom is 0.303 e. The fourth-order valence-corrected chi connectivity index (χ4v) is 1.51. The third-order valence-corrected chi connectivity index (χ3v) is 2.41. The molecule has 0 bridgehead atoms. The first-order valence-electron chi connectivity index (χ1n) is 5.86. The molecule has 100 valence electrons. The minimum atomic E-state index is -0.893. The number of aromatic nitrogens is 2. The first kappa shape index (κ1) is 13.1. The number of nitrogens with zero attached hydrogens (tertiary/aromatic N) is 2. The maximum absolute atomic E-state index is 10.4. The quantitative estimate of drug-likeness (QED) is 0.856. The zero-order valence-electron chi connectivity index (χ0n) is 10.5. The Morgan fingerprint density at radius 2 is 2.16 bits per heavy atom. The Morgan fingerprint density at radius 1 is 1.37 bits per heavy atom. The van der Waals surface area contributed by atoms with Gasteiger partial charge in [-0.2, -0.15) is 0 Å². The van der Waals surface area contributed by atoms with E-state index >= 15 is 0 Å². The van der Waals surface area contributed by atoms with E-state index in [-0.39, 0.29) is 19.4 Å². The van der Waals surface area contributed by atoms with Gasteiger partial charge in [0, 0.05) is 6.42 Å². The smallest absolute Gasteiger partial charge is 0.303 e. The molecule has 1 heterocycles. The summed E-state index contributed by atoms with van der Waals surface area (Å²) in [6.45, 7) is 2.15. The molecule has 6 nitrogen and oxygen atoms in total. The normalized spacial score (nSPS) is 10.4. The van der Waals surface area contributed by atoms with Crippen LogP contribution in [0, 0.1) is 6.92 Å². The molecule has 0 atom stereocenters. The lowest BCUT2D eigenvalue weighted by Crippen LogP contribution is -1.97. The molecule has 2 aromatic rings. The standard InChI is InChI=1S/C13H14N2O4/c1-9-3-2-4-10(7-9)18-8-12-15-14-11(19-12)5-6-13(16)17/h2-4,7H,5-6,8H2,1H3,(H,16,17). The Morgan fingerprint density at radius 3 is 2.89 bits per heavy atom. The highest BCUT2D eigenvalue weighted by atomic mass is 16.5. The van der Waals surface area contributed by atoms with Crippen molar-refractivity contribution in [3.8, 4) is 5.75 Å². The molecule has 0 spiro atoms. The van der Waals surface area contributed by atoms with Gasteiger partial charge in [0.1, 0.15) is 5.75 Å². The van der Waals surface area contributed by atoms with Crippen LogP contribution in [0.2, 0.25) is 0 Å². The van der Waals surface area contributed by atoms with Gasteiger partial charge >= 0.3 is 5.97 Å². The SMILES string of the molecule is Cc1cccc(OCc2nnc(CCC(=O)O)o2)c1. The van der Waals surface area contributed by atoms with Gasteiger partial charge in [-0.15, -0.1) is 10.2 Å². The van der Waals surface area contributed by atoms with Crippen LogP contribution in [-0.4, -0.2) is 21.3 Å². The van der Waals surface area contributed by atoms with Gasteiger partial charge in [-0.25, -0.2) is 0 Å². The lowest BCUT2D eigenvalue weighted by Gasteiger charge is -2.03. The van der Waals surface area contributed by atoms with Crippen molar-refractivity contribution in [1.82, 2.24) is 10.2 Å². The number of carbonyl (C=O) groups is 1. The number of hydrogen-bond acceptors (Lipinski definition) is 5. The molecule has 0 radical (unpaired) electrons. The first-order chi connectivity index (χ1) is 9.13. The Hall–Kier alpha value is -2.37. The van der Waals surface area contributed by atoms with Gasteiger partial charge in [-0.1, -0.05) is 12.1 Å². The molecule has 0 unspecified atom stereocenters. The fourth-order valence-electron chi connectivity index (χ4n) is 1.51. The van der Waals surface area contributed by atoms with Crippen LogP contribution >= 0.6 is 0 Å². The molecule has 19 heavy (non-hydrogen) atoms. The zero-order chi connectivity index (χ0) is 13.7. The minimum absolute atomic E-state index is 0.0274. The van der Waals surface area contributed by atoms with E-state index in [0.717, 1.165) is 11.3 Å². The largest absolute Gasteiger partial charge is 0.484 e. The van der Waals surface area contributed by atoms with E-state index in [1.165, 1.54) is 0 Å². The third-order valence-electron chi connectivity index (χ3n) is 2.41. The third kappa shape index (κ3) is 4.09. The lowest BCUT2D eigenvalue weighted by atomic mass is 10.2. The summed E-state index contributed by atoms with van der Waals surface area (Å²) in [7, 11) is 0. The van der Waals surface area contributed by atoms with Crippen molar-refractivity contribution in [1.29, 1.82) is 0 Å². The second-order valence-electron chi connectivity index (χ2n) is 4.09. The number of rotatable bonds is 6. The summed E-state index contributed by atoms with van der Waals surface area (Å²) in [6.07, 6.45) is 0.202. The van der Waals surface area contributed by atoms with Gasteiger partial charge in [0.25, 0.3) is 5.89 Å². The summed E-state index contributed by atoms with van der Waals surface area (Å²) in [5, 5.41) is 16.1. The van der Waals surface area contributed by atoms with Crippen molar-refractivity contribution in [2.24, 2.45) is 0 Å². The van der Waals surface area contributed by atoms with Crippen LogP contribution in [0.4, 0.5) is 0 Å². The Bertz CT molecular complexity index is 565. The summed E-state index contributed by atoms with van der Waals surface area (Å²) in [5.41, 5.74) is 1.10.